The summed E-state index contributed by atoms with van der Waals surface area (Å²) in [6.45, 7) is 0.634. The van der Waals surface area contributed by atoms with Gasteiger partial charge < -0.3 is 10.3 Å². The zero-order chi connectivity index (χ0) is 9.73. The van der Waals surface area contributed by atoms with Gasteiger partial charge in [-0.15, -0.1) is 0 Å². The highest BCUT2D eigenvalue weighted by Crippen LogP contribution is 1.93. The summed E-state index contributed by atoms with van der Waals surface area (Å²) in [7, 11) is -2.98. The SMILES string of the molecule is NCCS(=O)(=O)CCn1ccnc1. The minimum absolute atomic E-state index is 0.0572. The molecule has 1 rings (SSSR count). The molecule has 0 fully saturated rings. The van der Waals surface area contributed by atoms with Crippen molar-refractivity contribution in [2.45, 2.75) is 6.54 Å². The number of aromatic nitrogens is 2. The minimum atomic E-state index is -2.98. The molecule has 0 spiro atoms. The van der Waals surface area contributed by atoms with Crippen molar-refractivity contribution < 1.29 is 8.42 Å². The van der Waals surface area contributed by atoms with Crippen LogP contribution in [0.15, 0.2) is 18.7 Å². The molecule has 13 heavy (non-hydrogen) atoms. The molecule has 0 unspecified atom stereocenters. The summed E-state index contributed by atoms with van der Waals surface area (Å²) < 4.78 is 24.2. The second-order valence-corrected chi connectivity index (χ2v) is 5.04. The van der Waals surface area contributed by atoms with Gasteiger partial charge in [-0.2, -0.15) is 0 Å². The maximum absolute atomic E-state index is 11.2. The lowest BCUT2D eigenvalue weighted by Gasteiger charge is -2.02. The van der Waals surface area contributed by atoms with E-state index in [0.717, 1.165) is 0 Å². The van der Waals surface area contributed by atoms with Gasteiger partial charge >= 0.3 is 0 Å². The highest BCUT2D eigenvalue weighted by Gasteiger charge is 2.08. The zero-order valence-corrected chi connectivity index (χ0v) is 8.07. The maximum atomic E-state index is 11.2. The molecule has 0 aromatic carbocycles. The largest absolute Gasteiger partial charge is 0.336 e. The second-order valence-electron chi connectivity index (χ2n) is 2.74. The standard InChI is InChI=1S/C7H13N3O2S/c8-1-5-13(11,12)6-4-10-3-2-9-7-10/h2-3,7H,1,4-6,8H2. The van der Waals surface area contributed by atoms with Crippen molar-refractivity contribution in [3.8, 4) is 0 Å². The number of nitrogens with zero attached hydrogens (tertiary/aromatic N) is 2. The van der Waals surface area contributed by atoms with E-state index >= 15 is 0 Å². The lowest BCUT2D eigenvalue weighted by atomic mass is 10.7. The number of aryl methyl sites for hydroxylation is 1. The topological polar surface area (TPSA) is 78.0 Å². The number of hydrogen-bond donors (Lipinski definition) is 1. The Bertz CT molecular complexity index is 331. The van der Waals surface area contributed by atoms with E-state index in [2.05, 4.69) is 4.98 Å². The van der Waals surface area contributed by atoms with Crippen LogP contribution < -0.4 is 5.73 Å². The summed E-state index contributed by atoms with van der Waals surface area (Å²) >= 11 is 0. The van der Waals surface area contributed by atoms with Gasteiger partial charge in [0.15, 0.2) is 9.84 Å². The van der Waals surface area contributed by atoms with E-state index in [-0.39, 0.29) is 18.1 Å². The second kappa shape index (κ2) is 4.38. The van der Waals surface area contributed by atoms with Crippen LogP contribution >= 0.6 is 0 Å². The molecule has 2 N–H and O–H groups in total. The van der Waals surface area contributed by atoms with E-state index in [4.69, 9.17) is 5.73 Å². The van der Waals surface area contributed by atoms with Crippen molar-refractivity contribution in [3.63, 3.8) is 0 Å². The summed E-state index contributed by atoms with van der Waals surface area (Å²) in [5, 5.41) is 0. The van der Waals surface area contributed by atoms with E-state index < -0.39 is 9.84 Å². The van der Waals surface area contributed by atoms with Crippen LogP contribution in [0.3, 0.4) is 0 Å². The Labute approximate surface area is 77.5 Å². The number of nitrogens with two attached hydrogens (primary N) is 1. The van der Waals surface area contributed by atoms with E-state index in [9.17, 15) is 8.42 Å². The van der Waals surface area contributed by atoms with Crippen LogP contribution in [-0.4, -0.2) is 36.0 Å². The van der Waals surface area contributed by atoms with Crippen LogP contribution in [0.25, 0.3) is 0 Å². The average molecular weight is 203 g/mol. The van der Waals surface area contributed by atoms with Crippen LogP contribution in [0.2, 0.25) is 0 Å². The third-order valence-electron chi connectivity index (χ3n) is 1.65. The summed E-state index contributed by atoms with van der Waals surface area (Å²) in [6.07, 6.45) is 4.95. The fourth-order valence-corrected chi connectivity index (χ4v) is 2.00. The van der Waals surface area contributed by atoms with Crippen LogP contribution in [0, 0.1) is 0 Å². The summed E-state index contributed by atoms with van der Waals surface area (Å²) in [5.74, 6) is 0.183. The lowest BCUT2D eigenvalue weighted by molar-refractivity contribution is 0.588. The zero-order valence-electron chi connectivity index (χ0n) is 7.26. The van der Waals surface area contributed by atoms with Crippen molar-refractivity contribution in [1.29, 1.82) is 0 Å². The van der Waals surface area contributed by atoms with E-state index in [0.29, 0.717) is 6.54 Å². The van der Waals surface area contributed by atoms with E-state index in [1.165, 1.54) is 0 Å². The molecule has 0 aliphatic heterocycles. The molecule has 1 aromatic heterocycles. The molecule has 0 atom stereocenters. The van der Waals surface area contributed by atoms with Gasteiger partial charge in [0.2, 0.25) is 0 Å². The lowest BCUT2D eigenvalue weighted by Crippen LogP contribution is -2.20. The van der Waals surface area contributed by atoms with Gasteiger partial charge in [0.05, 0.1) is 17.8 Å². The molecular formula is C7H13N3O2S. The Morgan fingerprint density at radius 3 is 2.69 bits per heavy atom. The molecule has 0 radical (unpaired) electrons. The highest BCUT2D eigenvalue weighted by atomic mass is 32.2. The first-order valence-electron chi connectivity index (χ1n) is 4.00. The smallest absolute Gasteiger partial charge is 0.153 e. The predicted octanol–water partition coefficient (Wildman–Crippen LogP) is -0.743. The molecule has 0 aliphatic rings. The van der Waals surface area contributed by atoms with Crippen molar-refractivity contribution in [3.05, 3.63) is 18.7 Å². The summed E-state index contributed by atoms with van der Waals surface area (Å²) in [5.41, 5.74) is 5.17. The molecule has 5 nitrogen and oxygen atoms in total. The maximum Gasteiger partial charge on any atom is 0.153 e. The first-order chi connectivity index (χ1) is 6.14. The van der Waals surface area contributed by atoms with Crippen molar-refractivity contribution in [2.24, 2.45) is 5.73 Å². The Balaban J connectivity index is 2.43. The average Bonchev–Trinajstić information content (AvgIpc) is 2.52. The number of rotatable bonds is 5. The molecule has 0 aliphatic carbocycles. The fraction of sp³-hybridized carbons (Fsp3) is 0.571. The van der Waals surface area contributed by atoms with Crippen LogP contribution in [-0.2, 0) is 16.4 Å². The van der Waals surface area contributed by atoms with Crippen LogP contribution in [0.1, 0.15) is 0 Å². The third kappa shape index (κ3) is 3.56. The molecule has 6 heteroatoms. The van der Waals surface area contributed by atoms with Crippen molar-refractivity contribution >= 4 is 9.84 Å². The van der Waals surface area contributed by atoms with Gasteiger partial charge in [-0.05, 0) is 0 Å². The predicted molar refractivity (Wildman–Crippen MR) is 49.9 cm³/mol. The number of imidazole rings is 1. The summed E-state index contributed by atoms with van der Waals surface area (Å²) in [4.78, 5) is 3.81. The molecule has 0 bridgehead atoms. The third-order valence-corrected chi connectivity index (χ3v) is 3.31. The Hall–Kier alpha value is -0.880. The van der Waals surface area contributed by atoms with Crippen LogP contribution in [0.4, 0.5) is 0 Å². The minimum Gasteiger partial charge on any atom is -0.336 e. The van der Waals surface area contributed by atoms with E-state index in [1.54, 1.807) is 23.3 Å². The van der Waals surface area contributed by atoms with Gasteiger partial charge in [-0.3, -0.25) is 0 Å². The van der Waals surface area contributed by atoms with Crippen molar-refractivity contribution in [1.82, 2.24) is 9.55 Å². The normalized spacial score (nSPS) is 11.8. The number of hydrogen-bond acceptors (Lipinski definition) is 4. The monoisotopic (exact) mass is 203 g/mol. The van der Waals surface area contributed by atoms with Gasteiger partial charge in [-0.1, -0.05) is 0 Å². The molecule has 1 heterocycles. The van der Waals surface area contributed by atoms with Crippen molar-refractivity contribution in [2.75, 3.05) is 18.1 Å². The molecule has 0 amide bonds. The number of sulfone groups is 1. The first kappa shape index (κ1) is 10.2. The molecule has 1 aromatic rings. The Morgan fingerprint density at radius 2 is 2.15 bits per heavy atom. The molecule has 0 saturated heterocycles. The quantitative estimate of drug-likeness (QED) is 0.683. The van der Waals surface area contributed by atoms with Gasteiger partial charge in [0, 0.05) is 25.5 Å². The Kier molecular flexibility index (Phi) is 3.44. The molecular weight excluding hydrogens is 190 g/mol. The molecule has 0 saturated carbocycles. The first-order valence-corrected chi connectivity index (χ1v) is 5.82. The highest BCUT2D eigenvalue weighted by molar-refractivity contribution is 7.91. The van der Waals surface area contributed by atoms with Gasteiger partial charge in [0.25, 0.3) is 0 Å². The van der Waals surface area contributed by atoms with E-state index in [1.807, 2.05) is 0 Å². The van der Waals surface area contributed by atoms with Gasteiger partial charge in [-0.25, -0.2) is 13.4 Å². The fourth-order valence-electron chi connectivity index (χ4n) is 0.945. The molecule has 74 valence electrons. The van der Waals surface area contributed by atoms with Gasteiger partial charge in [0.1, 0.15) is 0 Å². The Morgan fingerprint density at radius 1 is 1.38 bits per heavy atom. The summed E-state index contributed by atoms with van der Waals surface area (Å²) in [6, 6.07) is 0. The van der Waals surface area contributed by atoms with Crippen LogP contribution in [0.5, 0.6) is 0 Å².